The number of fused-ring (bicyclic) bond motifs is 2. The largest absolute Gasteiger partial charge is 0.443 e. The van der Waals surface area contributed by atoms with Gasteiger partial charge in [-0.1, -0.05) is 59.6 Å². The second-order valence-corrected chi connectivity index (χ2v) is 10.7. The Kier molecular flexibility index (Phi) is 7.42. The number of benzene rings is 2. The molecular formula is C31H26Cl2N4O2. The van der Waals surface area contributed by atoms with Crippen LogP contribution in [-0.4, -0.2) is 31.2 Å². The molecule has 0 aliphatic carbocycles. The van der Waals surface area contributed by atoms with Gasteiger partial charge in [0.1, 0.15) is 15.9 Å². The average molecular weight is 557 g/mol. The summed E-state index contributed by atoms with van der Waals surface area (Å²) < 4.78 is 7.13. The Bertz CT molecular complexity index is 1750. The van der Waals surface area contributed by atoms with Gasteiger partial charge in [0.15, 0.2) is 0 Å². The fourth-order valence-electron chi connectivity index (χ4n) is 4.23. The molecule has 0 fully saturated rings. The van der Waals surface area contributed by atoms with Crippen LogP contribution in [0.1, 0.15) is 20.8 Å². The molecule has 6 rings (SSSR count). The van der Waals surface area contributed by atoms with Crippen LogP contribution in [0.5, 0.6) is 0 Å². The van der Waals surface area contributed by atoms with Crippen LogP contribution in [0.4, 0.5) is 4.79 Å². The van der Waals surface area contributed by atoms with Gasteiger partial charge < -0.3 is 9.72 Å². The number of carbonyl (C=O) groups excluding carboxylic acids is 1. The average Bonchev–Trinajstić information content (AvgIpc) is 3.50. The fraction of sp³-hybridized carbons (Fsp3) is 0.129. The van der Waals surface area contributed by atoms with Gasteiger partial charge in [-0.25, -0.2) is 19.3 Å². The summed E-state index contributed by atoms with van der Waals surface area (Å²) >= 11 is 11.9. The van der Waals surface area contributed by atoms with Gasteiger partial charge in [0, 0.05) is 45.5 Å². The van der Waals surface area contributed by atoms with E-state index in [2.05, 4.69) is 33.2 Å². The molecule has 0 saturated heterocycles. The van der Waals surface area contributed by atoms with E-state index in [4.69, 9.17) is 27.9 Å². The van der Waals surface area contributed by atoms with Crippen molar-refractivity contribution in [3.63, 3.8) is 0 Å². The van der Waals surface area contributed by atoms with Crippen molar-refractivity contribution in [1.29, 1.82) is 0 Å². The van der Waals surface area contributed by atoms with Crippen molar-refractivity contribution in [1.82, 2.24) is 19.5 Å². The summed E-state index contributed by atoms with van der Waals surface area (Å²) in [6.07, 6.45) is 2.92. The highest BCUT2D eigenvalue weighted by Crippen LogP contribution is 2.30. The fourth-order valence-corrected chi connectivity index (χ4v) is 4.58. The maximum Gasteiger partial charge on any atom is 0.419 e. The molecule has 0 saturated carbocycles. The summed E-state index contributed by atoms with van der Waals surface area (Å²) in [4.78, 5) is 24.0. The minimum atomic E-state index is -0.574. The minimum Gasteiger partial charge on any atom is -0.443 e. The number of H-pyrrole nitrogens is 1. The Morgan fingerprint density at radius 2 is 1.41 bits per heavy atom. The van der Waals surface area contributed by atoms with E-state index < -0.39 is 11.7 Å². The molecule has 0 bridgehead atoms. The van der Waals surface area contributed by atoms with Gasteiger partial charge in [-0.15, -0.1) is 0 Å². The first-order valence-corrected chi connectivity index (χ1v) is 13.1. The molecule has 0 radical (unpaired) electrons. The second kappa shape index (κ2) is 10.9. The molecule has 0 aliphatic rings. The molecule has 39 heavy (non-hydrogen) atoms. The number of hydrogen-bond acceptors (Lipinski definition) is 4. The van der Waals surface area contributed by atoms with Gasteiger partial charge in [0.05, 0.1) is 11.2 Å². The number of para-hydroxylation sites is 2. The van der Waals surface area contributed by atoms with Crippen molar-refractivity contribution in [3.05, 3.63) is 108 Å². The number of halogens is 2. The standard InChI is InChI=1S/C18H17ClN2O2.C13H9ClN2/c1-18(2,3)23-17(22)21-14-7-5-4-6-12(14)10-15(21)13-8-9-20-16(19)11-13;14-13-8-10(5-6-15-13)12-7-9-3-1-2-4-11(9)16-12/h4-11H,1-3H3;1-8,16H. The molecule has 6 nitrogen and oxygen atoms in total. The number of nitrogens with one attached hydrogen (secondary N) is 1. The van der Waals surface area contributed by atoms with Crippen molar-refractivity contribution in [3.8, 4) is 22.5 Å². The number of aromatic amines is 1. The van der Waals surface area contributed by atoms with Gasteiger partial charge in [0.2, 0.25) is 0 Å². The Hall–Kier alpha value is -4.13. The molecular weight excluding hydrogens is 531 g/mol. The molecule has 0 amide bonds. The van der Waals surface area contributed by atoms with Gasteiger partial charge >= 0.3 is 6.09 Å². The van der Waals surface area contributed by atoms with E-state index in [9.17, 15) is 4.79 Å². The number of rotatable bonds is 2. The lowest BCUT2D eigenvalue weighted by Crippen LogP contribution is -2.27. The molecule has 0 unspecified atom stereocenters. The number of carbonyl (C=O) groups is 1. The maximum atomic E-state index is 12.7. The number of hydrogen-bond donors (Lipinski definition) is 1. The van der Waals surface area contributed by atoms with E-state index in [1.165, 1.54) is 5.39 Å². The third kappa shape index (κ3) is 6.14. The monoisotopic (exact) mass is 556 g/mol. The van der Waals surface area contributed by atoms with E-state index in [0.717, 1.165) is 38.9 Å². The molecule has 4 heterocycles. The summed E-state index contributed by atoms with van der Waals surface area (Å²) in [5, 5.41) is 3.05. The van der Waals surface area contributed by atoms with Gasteiger partial charge in [-0.2, -0.15) is 0 Å². The van der Waals surface area contributed by atoms with Crippen LogP contribution in [0, 0.1) is 0 Å². The summed E-state index contributed by atoms with van der Waals surface area (Å²) in [7, 11) is 0. The molecule has 2 aromatic carbocycles. The Morgan fingerprint density at radius 1 is 0.795 bits per heavy atom. The molecule has 1 N–H and O–H groups in total. The van der Waals surface area contributed by atoms with Crippen LogP contribution in [0.2, 0.25) is 10.3 Å². The summed E-state index contributed by atoms with van der Waals surface area (Å²) in [5.74, 6) is 0. The van der Waals surface area contributed by atoms with Crippen molar-refractivity contribution in [2.75, 3.05) is 0 Å². The van der Waals surface area contributed by atoms with Crippen LogP contribution < -0.4 is 0 Å². The van der Waals surface area contributed by atoms with E-state index >= 15 is 0 Å². The van der Waals surface area contributed by atoms with Crippen LogP contribution in [0.15, 0.2) is 97.3 Å². The Balaban J connectivity index is 0.000000168. The Morgan fingerprint density at radius 3 is 2.08 bits per heavy atom. The molecule has 0 aliphatic heterocycles. The third-order valence-corrected chi connectivity index (χ3v) is 6.29. The van der Waals surface area contributed by atoms with Gasteiger partial charge in [-0.3, -0.25) is 0 Å². The Labute approximate surface area is 236 Å². The van der Waals surface area contributed by atoms with Crippen LogP contribution >= 0.6 is 23.2 Å². The normalized spacial score (nSPS) is 11.3. The summed E-state index contributed by atoms with van der Waals surface area (Å²) in [6, 6.07) is 27.3. The maximum absolute atomic E-state index is 12.7. The summed E-state index contributed by atoms with van der Waals surface area (Å²) in [6.45, 7) is 5.54. The van der Waals surface area contributed by atoms with Crippen molar-refractivity contribution in [2.45, 2.75) is 26.4 Å². The highest BCUT2D eigenvalue weighted by atomic mass is 35.5. The molecule has 196 valence electrons. The number of aromatic nitrogens is 4. The predicted molar refractivity (Wildman–Crippen MR) is 158 cm³/mol. The smallest absolute Gasteiger partial charge is 0.419 e. The van der Waals surface area contributed by atoms with Crippen molar-refractivity contribution >= 4 is 51.1 Å². The minimum absolute atomic E-state index is 0.378. The van der Waals surface area contributed by atoms with Crippen LogP contribution in [0.25, 0.3) is 44.3 Å². The zero-order chi connectivity index (χ0) is 27.6. The summed E-state index contributed by atoms with van der Waals surface area (Å²) in [5.41, 5.74) is 5.00. The molecule has 6 aromatic rings. The third-order valence-electron chi connectivity index (χ3n) is 5.88. The predicted octanol–water partition coefficient (Wildman–Crippen LogP) is 9.02. The molecule has 8 heteroatoms. The molecule has 0 spiro atoms. The zero-order valence-corrected chi connectivity index (χ0v) is 23.2. The van der Waals surface area contributed by atoms with Crippen molar-refractivity contribution in [2.24, 2.45) is 0 Å². The highest BCUT2D eigenvalue weighted by molar-refractivity contribution is 6.30. The number of ether oxygens (including phenoxy) is 1. The first kappa shape index (κ1) is 26.5. The van der Waals surface area contributed by atoms with Gasteiger partial charge in [0.25, 0.3) is 0 Å². The molecule has 0 atom stereocenters. The lowest BCUT2D eigenvalue weighted by atomic mass is 10.2. The van der Waals surface area contributed by atoms with Gasteiger partial charge in [-0.05, 0) is 69.3 Å². The van der Waals surface area contributed by atoms with E-state index in [1.54, 1.807) is 23.0 Å². The SMILES string of the molecule is CC(C)(C)OC(=O)n1c(-c2ccnc(Cl)c2)cc2ccccc21.Clc1cc(-c2cc3ccccc3[nH]2)ccn1. The van der Waals surface area contributed by atoms with Crippen molar-refractivity contribution < 1.29 is 9.53 Å². The second-order valence-electron chi connectivity index (χ2n) is 9.91. The topological polar surface area (TPSA) is 72.8 Å². The van der Waals surface area contributed by atoms with E-state index in [0.29, 0.717) is 10.3 Å². The number of nitrogens with zero attached hydrogens (tertiary/aromatic N) is 3. The quantitative estimate of drug-likeness (QED) is 0.216. The first-order valence-electron chi connectivity index (χ1n) is 12.3. The van der Waals surface area contributed by atoms with E-state index in [-0.39, 0.29) is 0 Å². The lowest BCUT2D eigenvalue weighted by molar-refractivity contribution is 0.0547. The molecule has 4 aromatic heterocycles. The lowest BCUT2D eigenvalue weighted by Gasteiger charge is -2.21. The zero-order valence-electron chi connectivity index (χ0n) is 21.7. The first-order chi connectivity index (χ1) is 18.7. The van der Waals surface area contributed by atoms with E-state index in [1.807, 2.05) is 81.4 Å². The highest BCUT2D eigenvalue weighted by Gasteiger charge is 2.22. The number of pyridine rings is 2. The van der Waals surface area contributed by atoms with Crippen LogP contribution in [-0.2, 0) is 4.74 Å². The van der Waals surface area contributed by atoms with Crippen LogP contribution in [0.3, 0.4) is 0 Å².